The van der Waals surface area contributed by atoms with Gasteiger partial charge in [0.05, 0.1) is 13.7 Å². The highest BCUT2D eigenvalue weighted by Gasteiger charge is 2.20. The lowest BCUT2D eigenvalue weighted by atomic mass is 10.0. The molecule has 0 saturated heterocycles. The highest BCUT2D eigenvalue weighted by molar-refractivity contribution is 5.51. The summed E-state index contributed by atoms with van der Waals surface area (Å²) in [4.78, 5) is 0. The van der Waals surface area contributed by atoms with Crippen LogP contribution in [-0.4, -0.2) is 13.7 Å². The first-order chi connectivity index (χ1) is 7.22. The third-order valence-electron chi connectivity index (χ3n) is 2.75. The van der Waals surface area contributed by atoms with Crippen molar-refractivity contribution in [1.82, 2.24) is 0 Å². The first kappa shape index (κ1) is 10.3. The van der Waals surface area contributed by atoms with Crippen molar-refractivity contribution in [2.45, 2.75) is 25.8 Å². The van der Waals surface area contributed by atoms with E-state index in [0.717, 1.165) is 42.1 Å². The van der Waals surface area contributed by atoms with Crippen molar-refractivity contribution in [3.05, 3.63) is 23.3 Å². The maximum Gasteiger partial charge on any atom is 0.165 e. The van der Waals surface area contributed by atoms with Crippen molar-refractivity contribution in [2.75, 3.05) is 13.7 Å². The van der Waals surface area contributed by atoms with E-state index in [9.17, 15) is 0 Å². The van der Waals surface area contributed by atoms with Crippen LogP contribution < -0.4 is 15.2 Å². The number of aryl methyl sites for hydroxylation is 1. The molecule has 1 aliphatic rings. The zero-order chi connectivity index (χ0) is 10.8. The van der Waals surface area contributed by atoms with Gasteiger partial charge in [-0.1, -0.05) is 6.07 Å². The highest BCUT2D eigenvalue weighted by atomic mass is 16.5. The van der Waals surface area contributed by atoms with Crippen LogP contribution in [0.3, 0.4) is 0 Å². The minimum Gasteiger partial charge on any atom is -0.493 e. The molecule has 15 heavy (non-hydrogen) atoms. The molecule has 0 aliphatic carbocycles. The quantitative estimate of drug-likeness (QED) is 0.767. The van der Waals surface area contributed by atoms with E-state index < -0.39 is 0 Å². The molecule has 1 aliphatic heterocycles. The molecule has 0 spiro atoms. The standard InChI is InChI=1S/C12H17NO2/c1-8-6-9-10(13)4-3-5-15-12(9)11(7-8)14-2/h6-7,10H,3-5,13H2,1-2H3/t10-/m0/s1. The van der Waals surface area contributed by atoms with Gasteiger partial charge in [-0.2, -0.15) is 0 Å². The Bertz CT molecular complexity index is 363. The van der Waals surface area contributed by atoms with Crippen LogP contribution >= 0.6 is 0 Å². The third-order valence-corrected chi connectivity index (χ3v) is 2.75. The van der Waals surface area contributed by atoms with E-state index in [1.165, 1.54) is 0 Å². The van der Waals surface area contributed by atoms with Gasteiger partial charge in [-0.05, 0) is 31.4 Å². The number of methoxy groups -OCH3 is 1. The monoisotopic (exact) mass is 207 g/mol. The number of fused-ring (bicyclic) bond motifs is 1. The fraction of sp³-hybridized carbons (Fsp3) is 0.500. The van der Waals surface area contributed by atoms with E-state index in [2.05, 4.69) is 6.07 Å². The molecule has 0 unspecified atom stereocenters. The lowest BCUT2D eigenvalue weighted by molar-refractivity contribution is 0.294. The molecule has 0 radical (unpaired) electrons. The molecule has 2 rings (SSSR count). The number of hydrogen-bond acceptors (Lipinski definition) is 3. The summed E-state index contributed by atoms with van der Waals surface area (Å²) in [6.07, 6.45) is 1.97. The molecule has 1 aromatic rings. The van der Waals surface area contributed by atoms with Gasteiger partial charge in [0, 0.05) is 11.6 Å². The minimum absolute atomic E-state index is 0.0660. The molecule has 0 aromatic heterocycles. The maximum absolute atomic E-state index is 6.10. The molecule has 1 atom stereocenters. The molecule has 1 aromatic carbocycles. The maximum atomic E-state index is 6.10. The van der Waals surface area contributed by atoms with E-state index >= 15 is 0 Å². The van der Waals surface area contributed by atoms with Crippen molar-refractivity contribution >= 4 is 0 Å². The predicted molar refractivity (Wildman–Crippen MR) is 59.4 cm³/mol. The second kappa shape index (κ2) is 4.11. The van der Waals surface area contributed by atoms with Crippen molar-refractivity contribution < 1.29 is 9.47 Å². The Labute approximate surface area is 90.2 Å². The van der Waals surface area contributed by atoms with Gasteiger partial charge in [0.15, 0.2) is 11.5 Å². The number of rotatable bonds is 1. The zero-order valence-electron chi connectivity index (χ0n) is 9.25. The molecule has 0 fully saturated rings. The molecule has 0 saturated carbocycles. The first-order valence-electron chi connectivity index (χ1n) is 5.29. The van der Waals surface area contributed by atoms with Crippen LogP contribution in [0.2, 0.25) is 0 Å². The van der Waals surface area contributed by atoms with Gasteiger partial charge in [-0.15, -0.1) is 0 Å². The largest absolute Gasteiger partial charge is 0.493 e. The van der Waals surface area contributed by atoms with Crippen molar-refractivity contribution in [3.8, 4) is 11.5 Å². The van der Waals surface area contributed by atoms with Gasteiger partial charge >= 0.3 is 0 Å². The van der Waals surface area contributed by atoms with Crippen LogP contribution in [0.1, 0.15) is 30.0 Å². The molecule has 82 valence electrons. The van der Waals surface area contributed by atoms with Crippen LogP contribution in [0.15, 0.2) is 12.1 Å². The summed E-state index contributed by atoms with van der Waals surface area (Å²) in [6, 6.07) is 4.14. The van der Waals surface area contributed by atoms with Crippen molar-refractivity contribution in [1.29, 1.82) is 0 Å². The summed E-state index contributed by atoms with van der Waals surface area (Å²) in [5.74, 6) is 1.62. The average Bonchev–Trinajstić information content (AvgIpc) is 2.40. The highest BCUT2D eigenvalue weighted by Crippen LogP contribution is 2.38. The number of ether oxygens (including phenoxy) is 2. The van der Waals surface area contributed by atoms with Gasteiger partial charge in [0.25, 0.3) is 0 Å². The number of hydrogen-bond donors (Lipinski definition) is 1. The van der Waals surface area contributed by atoms with Gasteiger partial charge in [0.1, 0.15) is 0 Å². The van der Waals surface area contributed by atoms with Gasteiger partial charge in [0.2, 0.25) is 0 Å². The molecule has 0 bridgehead atoms. The Kier molecular flexibility index (Phi) is 2.82. The average molecular weight is 207 g/mol. The summed E-state index contributed by atoms with van der Waals surface area (Å²) in [5.41, 5.74) is 8.34. The van der Waals surface area contributed by atoms with Crippen LogP contribution in [0, 0.1) is 6.92 Å². The van der Waals surface area contributed by atoms with Crippen LogP contribution in [-0.2, 0) is 0 Å². The van der Waals surface area contributed by atoms with Crippen LogP contribution in [0.25, 0.3) is 0 Å². The van der Waals surface area contributed by atoms with E-state index in [1.807, 2.05) is 13.0 Å². The van der Waals surface area contributed by atoms with Gasteiger partial charge in [-0.25, -0.2) is 0 Å². The van der Waals surface area contributed by atoms with E-state index in [4.69, 9.17) is 15.2 Å². The van der Waals surface area contributed by atoms with Crippen molar-refractivity contribution in [2.24, 2.45) is 5.73 Å². The molecule has 1 heterocycles. The zero-order valence-corrected chi connectivity index (χ0v) is 9.25. The minimum atomic E-state index is 0.0660. The normalized spacial score (nSPS) is 20.1. The van der Waals surface area contributed by atoms with Crippen molar-refractivity contribution in [3.63, 3.8) is 0 Å². The topological polar surface area (TPSA) is 44.5 Å². The van der Waals surface area contributed by atoms with Gasteiger partial charge in [-0.3, -0.25) is 0 Å². The van der Waals surface area contributed by atoms with Crippen LogP contribution in [0.5, 0.6) is 11.5 Å². The summed E-state index contributed by atoms with van der Waals surface area (Å²) in [5, 5.41) is 0. The second-order valence-electron chi connectivity index (χ2n) is 3.98. The third kappa shape index (κ3) is 1.92. The predicted octanol–water partition coefficient (Wildman–Crippen LogP) is 2.18. The molecule has 0 amide bonds. The summed E-state index contributed by atoms with van der Waals surface area (Å²) >= 11 is 0. The SMILES string of the molecule is COc1cc(C)cc2c1OCCC[C@@H]2N. The molecular formula is C12H17NO2. The Hall–Kier alpha value is -1.22. The van der Waals surface area contributed by atoms with Crippen LogP contribution in [0.4, 0.5) is 0 Å². The molecule has 2 N–H and O–H groups in total. The molecule has 3 heteroatoms. The van der Waals surface area contributed by atoms with Gasteiger partial charge < -0.3 is 15.2 Å². The first-order valence-corrected chi connectivity index (χ1v) is 5.29. The summed E-state index contributed by atoms with van der Waals surface area (Å²) in [6.45, 7) is 2.76. The second-order valence-corrected chi connectivity index (χ2v) is 3.98. The van der Waals surface area contributed by atoms with E-state index in [0.29, 0.717) is 0 Å². The van der Waals surface area contributed by atoms with E-state index in [1.54, 1.807) is 7.11 Å². The Morgan fingerprint density at radius 3 is 3.00 bits per heavy atom. The smallest absolute Gasteiger partial charge is 0.165 e. The van der Waals surface area contributed by atoms with E-state index in [-0.39, 0.29) is 6.04 Å². The Morgan fingerprint density at radius 1 is 1.47 bits per heavy atom. The molecule has 3 nitrogen and oxygen atoms in total. The lowest BCUT2D eigenvalue weighted by Crippen LogP contribution is -2.09. The number of benzene rings is 1. The summed E-state index contributed by atoms with van der Waals surface area (Å²) < 4.78 is 11.0. The Morgan fingerprint density at radius 2 is 2.27 bits per heavy atom. The molecular weight excluding hydrogens is 190 g/mol. The Balaban J connectivity index is 2.52. The fourth-order valence-corrected chi connectivity index (χ4v) is 1.98. The fourth-order valence-electron chi connectivity index (χ4n) is 1.98. The lowest BCUT2D eigenvalue weighted by Gasteiger charge is -2.15. The number of nitrogens with two attached hydrogens (primary N) is 1. The summed E-state index contributed by atoms with van der Waals surface area (Å²) in [7, 11) is 1.66.